The molecule has 0 spiro atoms. The van der Waals surface area contributed by atoms with E-state index in [2.05, 4.69) is 15.0 Å². The molecule has 4 nitrogen and oxygen atoms in total. The summed E-state index contributed by atoms with van der Waals surface area (Å²) in [6, 6.07) is 16.9. The third-order valence-corrected chi connectivity index (χ3v) is 4.91. The highest BCUT2D eigenvalue weighted by Crippen LogP contribution is 2.41. The molecule has 0 fully saturated rings. The average molecular weight is 524 g/mol. The zero-order valence-corrected chi connectivity index (χ0v) is 19.8. The number of alkyl halides is 6. The molecule has 0 aliphatic rings. The molecule has 10 heteroatoms. The molecule has 156 valence electrons. The Hall–Kier alpha value is -1.27. The number of hydrogen-bond acceptors (Lipinski definition) is 4. The van der Waals surface area contributed by atoms with Gasteiger partial charge in [-0.2, -0.15) is 0 Å². The average Bonchev–Trinajstić information content (AvgIpc) is 2.71. The van der Waals surface area contributed by atoms with Crippen LogP contribution in [-0.4, -0.2) is 22.1 Å². The fourth-order valence-corrected chi connectivity index (χ4v) is 3.02. The first kappa shape index (κ1) is 23.4. The SMILES string of the molecule is COc1ccc(C(=Cc2ccccc2)c2nc(C(Cl)(Cl)Cl)nc(C(Cl)(Cl)Cl)n2)cc1. The van der Waals surface area contributed by atoms with Crippen molar-refractivity contribution in [3.05, 3.63) is 83.2 Å². The maximum absolute atomic E-state index is 6.02. The molecule has 0 bridgehead atoms. The summed E-state index contributed by atoms with van der Waals surface area (Å²) in [5, 5.41) is 0. The number of hydrogen-bond donors (Lipinski definition) is 0. The maximum atomic E-state index is 6.02. The van der Waals surface area contributed by atoms with E-state index in [-0.39, 0.29) is 17.5 Å². The fourth-order valence-electron chi connectivity index (χ4n) is 2.51. The molecule has 0 unspecified atom stereocenters. The van der Waals surface area contributed by atoms with Crippen LogP contribution in [0.1, 0.15) is 28.6 Å². The molecule has 1 aromatic heterocycles. The van der Waals surface area contributed by atoms with Gasteiger partial charge in [0.1, 0.15) is 5.75 Å². The second-order valence-corrected chi connectivity index (χ2v) is 10.6. The topological polar surface area (TPSA) is 47.9 Å². The van der Waals surface area contributed by atoms with Crippen LogP contribution in [-0.2, 0) is 7.59 Å². The van der Waals surface area contributed by atoms with E-state index in [0.717, 1.165) is 11.1 Å². The molecule has 0 saturated carbocycles. The molecule has 0 radical (unpaired) electrons. The lowest BCUT2D eigenvalue weighted by Gasteiger charge is -2.17. The molecular weight excluding hydrogens is 511 g/mol. The minimum atomic E-state index is -1.94. The Morgan fingerprint density at radius 2 is 1.30 bits per heavy atom. The Balaban J connectivity index is 2.26. The third kappa shape index (κ3) is 5.91. The highest BCUT2D eigenvalue weighted by atomic mass is 35.6. The van der Waals surface area contributed by atoms with Crippen LogP contribution in [0.3, 0.4) is 0 Å². The van der Waals surface area contributed by atoms with Crippen molar-refractivity contribution in [3.63, 3.8) is 0 Å². The summed E-state index contributed by atoms with van der Waals surface area (Å²) in [6.45, 7) is 0. The lowest BCUT2D eigenvalue weighted by Crippen LogP contribution is -2.18. The van der Waals surface area contributed by atoms with Gasteiger partial charge in [0, 0.05) is 5.57 Å². The lowest BCUT2D eigenvalue weighted by molar-refractivity contribution is 0.415. The summed E-state index contributed by atoms with van der Waals surface area (Å²) >= 11 is 36.1. The van der Waals surface area contributed by atoms with Gasteiger partial charge in [-0.05, 0) is 29.3 Å². The molecule has 0 aliphatic carbocycles. The number of halogens is 6. The number of nitrogens with zero attached hydrogens (tertiary/aromatic N) is 3. The summed E-state index contributed by atoms with van der Waals surface area (Å²) < 4.78 is 1.35. The molecule has 0 N–H and O–H groups in total. The van der Waals surface area contributed by atoms with Crippen molar-refractivity contribution in [2.75, 3.05) is 7.11 Å². The summed E-state index contributed by atoms with van der Waals surface area (Å²) in [5.41, 5.74) is 2.28. The van der Waals surface area contributed by atoms with Crippen LogP contribution in [0.15, 0.2) is 54.6 Å². The quantitative estimate of drug-likeness (QED) is 0.270. The highest BCUT2D eigenvalue weighted by molar-refractivity contribution is 6.67. The van der Waals surface area contributed by atoms with Crippen LogP contribution in [0.4, 0.5) is 0 Å². The smallest absolute Gasteiger partial charge is 0.250 e. The Morgan fingerprint density at radius 1 is 0.767 bits per heavy atom. The molecule has 1 heterocycles. The van der Waals surface area contributed by atoms with Gasteiger partial charge in [-0.1, -0.05) is 112 Å². The van der Waals surface area contributed by atoms with Gasteiger partial charge in [0.05, 0.1) is 7.11 Å². The number of methoxy groups -OCH3 is 1. The predicted molar refractivity (Wildman–Crippen MR) is 125 cm³/mol. The Kier molecular flexibility index (Phi) is 7.39. The summed E-state index contributed by atoms with van der Waals surface area (Å²) in [4.78, 5) is 12.7. The minimum absolute atomic E-state index is 0.161. The van der Waals surface area contributed by atoms with Crippen LogP contribution in [0.2, 0.25) is 0 Å². The van der Waals surface area contributed by atoms with Gasteiger partial charge < -0.3 is 4.74 Å². The fraction of sp³-hybridized carbons (Fsp3) is 0.150. The van der Waals surface area contributed by atoms with Gasteiger partial charge in [0.2, 0.25) is 7.59 Å². The van der Waals surface area contributed by atoms with Crippen LogP contribution in [0, 0.1) is 0 Å². The minimum Gasteiger partial charge on any atom is -0.497 e. The molecule has 0 saturated heterocycles. The molecular formula is C20H13Cl6N3O. The lowest BCUT2D eigenvalue weighted by atomic mass is 10.0. The number of ether oxygens (including phenoxy) is 1. The Morgan fingerprint density at radius 3 is 1.77 bits per heavy atom. The van der Waals surface area contributed by atoms with E-state index in [9.17, 15) is 0 Å². The van der Waals surface area contributed by atoms with Crippen molar-refractivity contribution >= 4 is 81.3 Å². The first-order chi connectivity index (χ1) is 14.1. The van der Waals surface area contributed by atoms with Gasteiger partial charge in [-0.15, -0.1) is 0 Å². The molecule has 2 aromatic carbocycles. The second kappa shape index (κ2) is 9.47. The van der Waals surface area contributed by atoms with Gasteiger partial charge in [0.15, 0.2) is 17.5 Å². The molecule has 0 amide bonds. The van der Waals surface area contributed by atoms with Crippen molar-refractivity contribution in [2.24, 2.45) is 0 Å². The summed E-state index contributed by atoms with van der Waals surface area (Å²) in [5.74, 6) is 0.552. The monoisotopic (exact) mass is 521 g/mol. The highest BCUT2D eigenvalue weighted by Gasteiger charge is 2.34. The first-order valence-electron chi connectivity index (χ1n) is 8.40. The van der Waals surface area contributed by atoms with Crippen molar-refractivity contribution in [3.8, 4) is 5.75 Å². The van der Waals surface area contributed by atoms with E-state index < -0.39 is 7.59 Å². The molecule has 3 aromatic rings. The van der Waals surface area contributed by atoms with E-state index in [0.29, 0.717) is 11.3 Å². The van der Waals surface area contributed by atoms with E-state index >= 15 is 0 Å². The van der Waals surface area contributed by atoms with Gasteiger partial charge in [-0.3, -0.25) is 0 Å². The van der Waals surface area contributed by atoms with Crippen LogP contribution in [0.25, 0.3) is 11.6 Å². The van der Waals surface area contributed by atoms with E-state index in [1.165, 1.54) is 0 Å². The van der Waals surface area contributed by atoms with Gasteiger partial charge in [0.25, 0.3) is 0 Å². The molecule has 0 aliphatic heterocycles. The molecule has 0 atom stereocenters. The Bertz CT molecular complexity index is 1010. The summed E-state index contributed by atoms with van der Waals surface area (Å²) in [7, 11) is 1.59. The van der Waals surface area contributed by atoms with E-state index in [1.807, 2.05) is 48.5 Å². The predicted octanol–water partition coefficient (Wildman–Crippen LogP) is 7.12. The Labute approximate surface area is 203 Å². The number of rotatable bonds is 4. The zero-order valence-electron chi connectivity index (χ0n) is 15.3. The van der Waals surface area contributed by atoms with Crippen molar-refractivity contribution in [1.82, 2.24) is 15.0 Å². The van der Waals surface area contributed by atoms with Gasteiger partial charge >= 0.3 is 0 Å². The third-order valence-electron chi connectivity index (χ3n) is 3.90. The number of aromatic nitrogens is 3. The maximum Gasteiger partial charge on any atom is 0.250 e. The van der Waals surface area contributed by atoms with Crippen LogP contribution >= 0.6 is 69.6 Å². The standard InChI is InChI=1S/C20H13Cl6N3O/c1-30-14-9-7-13(8-10-14)15(11-12-5-3-2-4-6-12)16-27-17(19(21,22)23)29-18(28-16)20(24,25)26/h2-11H,1H3. The first-order valence-corrected chi connectivity index (χ1v) is 10.7. The van der Waals surface area contributed by atoms with Crippen molar-refractivity contribution < 1.29 is 4.74 Å². The van der Waals surface area contributed by atoms with E-state index in [4.69, 9.17) is 74.3 Å². The van der Waals surface area contributed by atoms with E-state index in [1.54, 1.807) is 19.2 Å². The molecule has 3 rings (SSSR count). The van der Waals surface area contributed by atoms with Crippen molar-refractivity contribution in [2.45, 2.75) is 7.59 Å². The second-order valence-electron chi connectivity index (χ2n) is 6.00. The molecule has 30 heavy (non-hydrogen) atoms. The van der Waals surface area contributed by atoms with Crippen molar-refractivity contribution in [1.29, 1.82) is 0 Å². The summed E-state index contributed by atoms with van der Waals surface area (Å²) in [6.07, 6.45) is 1.88. The normalized spacial score (nSPS) is 12.7. The largest absolute Gasteiger partial charge is 0.497 e. The van der Waals surface area contributed by atoms with Crippen LogP contribution < -0.4 is 4.74 Å². The number of benzene rings is 2. The van der Waals surface area contributed by atoms with Gasteiger partial charge in [-0.25, -0.2) is 15.0 Å². The zero-order chi connectivity index (χ0) is 21.9. The van der Waals surface area contributed by atoms with Crippen LogP contribution in [0.5, 0.6) is 5.75 Å².